The number of nitrogens with zero attached hydrogens (tertiary/aromatic N) is 2. The summed E-state index contributed by atoms with van der Waals surface area (Å²) in [6, 6.07) is 8.29. The second kappa shape index (κ2) is 7.04. The molecule has 0 aliphatic carbocycles. The lowest BCUT2D eigenvalue weighted by molar-refractivity contribution is -0.119. The Labute approximate surface area is 129 Å². The number of nitrogens with one attached hydrogen (secondary N) is 2. The Balaban J connectivity index is 1.84. The van der Waals surface area contributed by atoms with Gasteiger partial charge < -0.3 is 11.1 Å². The number of nitrogens with two attached hydrogens (primary N) is 1. The third kappa shape index (κ3) is 4.72. The highest BCUT2D eigenvalue weighted by atomic mass is 32.2. The molecule has 110 valence electrons. The van der Waals surface area contributed by atoms with Gasteiger partial charge in [0.05, 0.1) is 5.25 Å². The van der Waals surface area contributed by atoms with E-state index >= 15 is 0 Å². The molecule has 21 heavy (non-hydrogen) atoms. The van der Waals surface area contributed by atoms with E-state index in [9.17, 15) is 9.59 Å². The number of rotatable bonds is 4. The smallest absolute Gasteiger partial charge is 0.325 e. The van der Waals surface area contributed by atoms with E-state index in [1.165, 1.54) is 23.1 Å². The molecule has 0 spiro atoms. The molecule has 2 aromatic rings. The summed E-state index contributed by atoms with van der Waals surface area (Å²) < 4.78 is 0.582. The van der Waals surface area contributed by atoms with Gasteiger partial charge in [-0.2, -0.15) is 0 Å². The third-order valence-electron chi connectivity index (χ3n) is 2.34. The molecule has 0 fully saturated rings. The fraction of sp³-hybridized carbons (Fsp3) is 0.167. The number of carbonyl (C=O) groups is 2. The monoisotopic (exact) mass is 323 g/mol. The van der Waals surface area contributed by atoms with Crippen LogP contribution in [0.25, 0.3) is 0 Å². The van der Waals surface area contributed by atoms with Crippen LogP contribution in [0.2, 0.25) is 0 Å². The number of anilines is 2. The molecule has 0 saturated carbocycles. The summed E-state index contributed by atoms with van der Waals surface area (Å²) in [5.41, 5.74) is 6.08. The van der Waals surface area contributed by atoms with Crippen LogP contribution in [0.4, 0.5) is 15.6 Å². The van der Waals surface area contributed by atoms with Crippen molar-refractivity contribution in [3.63, 3.8) is 0 Å². The van der Waals surface area contributed by atoms with Crippen molar-refractivity contribution >= 4 is 45.9 Å². The molecule has 0 saturated heterocycles. The standard InChI is InChI=1S/C12H13N5O2S2/c1-7(20-12-17-16-10(13)21-12)9(18)15-11(19)14-8-5-3-2-4-6-8/h2-7H,1H3,(H2,13,16)(H2,14,15,18,19)/t7-/m0/s1. The zero-order chi connectivity index (χ0) is 15.2. The highest BCUT2D eigenvalue weighted by molar-refractivity contribution is 8.02. The maximum atomic E-state index is 11.9. The van der Waals surface area contributed by atoms with Gasteiger partial charge in [-0.05, 0) is 19.1 Å². The average molecular weight is 323 g/mol. The fourth-order valence-electron chi connectivity index (χ4n) is 1.37. The lowest BCUT2D eigenvalue weighted by Crippen LogP contribution is -2.38. The number of para-hydroxylation sites is 1. The summed E-state index contributed by atoms with van der Waals surface area (Å²) in [7, 11) is 0. The van der Waals surface area contributed by atoms with Crippen molar-refractivity contribution in [1.82, 2.24) is 15.5 Å². The molecular formula is C12H13N5O2S2. The van der Waals surface area contributed by atoms with Gasteiger partial charge in [-0.1, -0.05) is 41.3 Å². The summed E-state index contributed by atoms with van der Waals surface area (Å²) in [6.07, 6.45) is 0. The van der Waals surface area contributed by atoms with Crippen LogP contribution in [-0.2, 0) is 4.79 Å². The Morgan fingerprint density at radius 2 is 2.00 bits per heavy atom. The number of thioether (sulfide) groups is 1. The third-order valence-corrected chi connectivity index (χ3v) is 4.27. The van der Waals surface area contributed by atoms with Crippen LogP contribution in [0.1, 0.15) is 6.92 Å². The van der Waals surface area contributed by atoms with Gasteiger partial charge in [-0.25, -0.2) is 4.79 Å². The molecule has 0 radical (unpaired) electrons. The van der Waals surface area contributed by atoms with Crippen molar-refractivity contribution in [3.8, 4) is 0 Å². The Hall–Kier alpha value is -2.13. The molecule has 1 aromatic heterocycles. The van der Waals surface area contributed by atoms with Crippen LogP contribution in [0.15, 0.2) is 34.7 Å². The lowest BCUT2D eigenvalue weighted by Gasteiger charge is -2.10. The number of amides is 3. The summed E-state index contributed by atoms with van der Waals surface area (Å²) in [6.45, 7) is 1.67. The van der Waals surface area contributed by atoms with Crippen molar-refractivity contribution in [1.29, 1.82) is 0 Å². The van der Waals surface area contributed by atoms with Gasteiger partial charge >= 0.3 is 6.03 Å². The molecule has 0 aliphatic rings. The van der Waals surface area contributed by atoms with E-state index in [1.54, 1.807) is 31.2 Å². The van der Waals surface area contributed by atoms with E-state index in [1.807, 2.05) is 6.07 Å². The van der Waals surface area contributed by atoms with E-state index in [-0.39, 0.29) is 0 Å². The summed E-state index contributed by atoms with van der Waals surface area (Å²) in [5, 5.41) is 12.2. The summed E-state index contributed by atoms with van der Waals surface area (Å²) >= 11 is 2.39. The van der Waals surface area contributed by atoms with E-state index in [0.717, 1.165) is 0 Å². The molecule has 0 aliphatic heterocycles. The maximum absolute atomic E-state index is 11.9. The Morgan fingerprint density at radius 3 is 2.62 bits per heavy atom. The van der Waals surface area contributed by atoms with Crippen molar-refractivity contribution < 1.29 is 9.59 Å². The molecule has 0 unspecified atom stereocenters. The van der Waals surface area contributed by atoms with Gasteiger partial charge in [0.2, 0.25) is 11.0 Å². The highest BCUT2D eigenvalue weighted by Crippen LogP contribution is 2.27. The van der Waals surface area contributed by atoms with Gasteiger partial charge in [-0.3, -0.25) is 10.1 Å². The Kier molecular flexibility index (Phi) is 5.12. The molecule has 0 bridgehead atoms. The van der Waals surface area contributed by atoms with Crippen LogP contribution < -0.4 is 16.4 Å². The lowest BCUT2D eigenvalue weighted by atomic mass is 10.3. The van der Waals surface area contributed by atoms with Crippen molar-refractivity contribution in [2.75, 3.05) is 11.1 Å². The molecule has 3 amide bonds. The van der Waals surface area contributed by atoms with Crippen LogP contribution in [-0.4, -0.2) is 27.4 Å². The molecule has 4 N–H and O–H groups in total. The highest BCUT2D eigenvalue weighted by Gasteiger charge is 2.19. The van der Waals surface area contributed by atoms with Gasteiger partial charge in [0.25, 0.3) is 0 Å². The number of nitrogen functional groups attached to an aromatic ring is 1. The van der Waals surface area contributed by atoms with Crippen LogP contribution in [0.3, 0.4) is 0 Å². The molecule has 9 heteroatoms. The first kappa shape index (κ1) is 15.3. The zero-order valence-electron chi connectivity index (χ0n) is 11.1. The number of aromatic nitrogens is 2. The second-order valence-corrected chi connectivity index (χ2v) is 6.57. The second-order valence-electron chi connectivity index (χ2n) is 3.98. The van der Waals surface area contributed by atoms with Crippen molar-refractivity contribution in [2.24, 2.45) is 0 Å². The van der Waals surface area contributed by atoms with Crippen molar-refractivity contribution in [3.05, 3.63) is 30.3 Å². The molecule has 1 atom stereocenters. The minimum Gasteiger partial charge on any atom is -0.374 e. The van der Waals surface area contributed by atoms with E-state index < -0.39 is 17.2 Å². The summed E-state index contributed by atoms with van der Waals surface area (Å²) in [4.78, 5) is 23.6. The average Bonchev–Trinajstić information content (AvgIpc) is 2.85. The predicted octanol–water partition coefficient (Wildman–Crippen LogP) is 1.95. The topological polar surface area (TPSA) is 110 Å². The molecule has 1 heterocycles. The SMILES string of the molecule is C[C@H](Sc1nnc(N)s1)C(=O)NC(=O)Nc1ccccc1. The molecular weight excluding hydrogens is 310 g/mol. The molecule has 7 nitrogen and oxygen atoms in total. The van der Waals surface area contributed by atoms with Crippen LogP contribution >= 0.6 is 23.1 Å². The Bertz CT molecular complexity index is 632. The first-order valence-electron chi connectivity index (χ1n) is 5.97. The Morgan fingerprint density at radius 1 is 1.29 bits per heavy atom. The van der Waals surface area contributed by atoms with Crippen LogP contribution in [0, 0.1) is 0 Å². The number of benzene rings is 1. The van der Waals surface area contributed by atoms with Crippen molar-refractivity contribution in [2.45, 2.75) is 16.5 Å². The normalized spacial score (nSPS) is 11.7. The fourth-order valence-corrected chi connectivity index (χ4v) is 3.15. The van der Waals surface area contributed by atoms with Gasteiger partial charge in [0, 0.05) is 5.69 Å². The first-order valence-corrected chi connectivity index (χ1v) is 7.67. The minimum absolute atomic E-state index is 0.340. The zero-order valence-corrected chi connectivity index (χ0v) is 12.7. The van der Waals surface area contributed by atoms with Gasteiger partial charge in [-0.15, -0.1) is 10.2 Å². The van der Waals surface area contributed by atoms with E-state index in [4.69, 9.17) is 5.73 Å². The quantitative estimate of drug-likeness (QED) is 0.742. The number of hydrogen-bond acceptors (Lipinski definition) is 7. The van der Waals surface area contributed by atoms with Gasteiger partial charge in [0.1, 0.15) is 0 Å². The number of urea groups is 1. The number of hydrogen-bond donors (Lipinski definition) is 3. The first-order chi connectivity index (χ1) is 10.0. The molecule has 2 rings (SSSR count). The predicted molar refractivity (Wildman–Crippen MR) is 83.2 cm³/mol. The van der Waals surface area contributed by atoms with Gasteiger partial charge in [0.15, 0.2) is 4.34 Å². The maximum Gasteiger partial charge on any atom is 0.325 e. The number of carbonyl (C=O) groups excluding carboxylic acids is 2. The minimum atomic E-state index is -0.574. The summed E-state index contributed by atoms with van der Waals surface area (Å²) in [5.74, 6) is -0.415. The number of imide groups is 1. The van der Waals surface area contributed by atoms with E-state index in [0.29, 0.717) is 15.2 Å². The largest absolute Gasteiger partial charge is 0.374 e. The van der Waals surface area contributed by atoms with E-state index in [2.05, 4.69) is 20.8 Å². The van der Waals surface area contributed by atoms with Crippen LogP contribution in [0.5, 0.6) is 0 Å². The molecule has 1 aromatic carbocycles.